The summed E-state index contributed by atoms with van der Waals surface area (Å²) in [7, 11) is -4.15. The van der Waals surface area contributed by atoms with Gasteiger partial charge < -0.3 is 4.74 Å². The van der Waals surface area contributed by atoms with Crippen LogP contribution in [0.15, 0.2) is 35.2 Å². The molecule has 1 aliphatic rings. The monoisotopic (exact) mass is 457 g/mol. The van der Waals surface area contributed by atoms with Gasteiger partial charge in [0.1, 0.15) is 10.7 Å². The number of morpholine rings is 1. The van der Waals surface area contributed by atoms with E-state index in [0.717, 1.165) is 46.0 Å². The Labute approximate surface area is 173 Å². The number of thiazole rings is 1. The molecule has 12 heteroatoms. The maximum Gasteiger partial charge on any atom is 0.257 e. The molecule has 158 valence electrons. The van der Waals surface area contributed by atoms with Crippen LogP contribution in [0, 0.1) is 17.5 Å². The van der Waals surface area contributed by atoms with E-state index in [4.69, 9.17) is 4.74 Å². The number of carbonyl (C=O) groups excluding carboxylic acids is 1. The van der Waals surface area contributed by atoms with E-state index < -0.39 is 38.3 Å². The van der Waals surface area contributed by atoms with Gasteiger partial charge in [-0.2, -0.15) is 4.31 Å². The number of ether oxygens (including phenoxy) is 1. The zero-order valence-corrected chi connectivity index (χ0v) is 16.8. The number of sulfonamides is 1. The summed E-state index contributed by atoms with van der Waals surface area (Å²) in [6.45, 7) is 0.549. The molecule has 1 amide bonds. The summed E-state index contributed by atoms with van der Waals surface area (Å²) in [5, 5.41) is 2.49. The number of amides is 1. The van der Waals surface area contributed by atoms with Gasteiger partial charge >= 0.3 is 0 Å². The molecule has 2 heterocycles. The van der Waals surface area contributed by atoms with Crippen LogP contribution in [0.2, 0.25) is 0 Å². The Hall–Kier alpha value is -2.54. The number of fused-ring (bicyclic) bond motifs is 1. The summed E-state index contributed by atoms with van der Waals surface area (Å²) in [6.07, 6.45) is 0. The van der Waals surface area contributed by atoms with E-state index in [2.05, 4.69) is 10.3 Å². The third-order valence-corrected chi connectivity index (χ3v) is 7.28. The summed E-state index contributed by atoms with van der Waals surface area (Å²) in [5.41, 5.74) is 0.0451. The fourth-order valence-corrected chi connectivity index (χ4v) is 5.28. The third-order valence-electron chi connectivity index (χ3n) is 4.43. The number of aromatic nitrogens is 1. The van der Waals surface area contributed by atoms with E-state index in [9.17, 15) is 26.4 Å². The molecule has 1 fully saturated rings. The molecular weight excluding hydrogens is 443 g/mol. The summed E-state index contributed by atoms with van der Waals surface area (Å²) in [5.74, 6) is -3.83. The first-order valence-corrected chi connectivity index (χ1v) is 11.0. The Kier molecular flexibility index (Phi) is 5.49. The second-order valence-electron chi connectivity index (χ2n) is 6.37. The van der Waals surface area contributed by atoms with Crippen LogP contribution >= 0.6 is 11.3 Å². The number of carbonyl (C=O) groups is 1. The molecule has 1 aromatic heterocycles. The van der Waals surface area contributed by atoms with Crippen molar-refractivity contribution >= 4 is 42.6 Å². The second kappa shape index (κ2) is 7.95. The molecule has 0 radical (unpaired) electrons. The van der Waals surface area contributed by atoms with Crippen LogP contribution in [-0.4, -0.2) is 49.9 Å². The molecule has 0 saturated carbocycles. The smallest absolute Gasteiger partial charge is 0.257 e. The number of nitrogens with one attached hydrogen (secondary N) is 1. The molecular formula is C18H14F3N3O4S2. The Balaban J connectivity index is 1.61. The Morgan fingerprint density at radius 2 is 1.77 bits per heavy atom. The minimum Gasteiger partial charge on any atom is -0.379 e. The van der Waals surface area contributed by atoms with Crippen molar-refractivity contribution in [1.29, 1.82) is 0 Å². The number of halogens is 3. The number of benzene rings is 2. The lowest BCUT2D eigenvalue weighted by molar-refractivity contribution is 0.0729. The normalized spacial score (nSPS) is 15.4. The summed E-state index contributed by atoms with van der Waals surface area (Å²) >= 11 is 0.915. The lowest BCUT2D eigenvalue weighted by atomic mass is 10.2. The average Bonchev–Trinajstić information content (AvgIpc) is 3.09. The molecule has 0 spiro atoms. The van der Waals surface area contributed by atoms with Crippen LogP contribution in [0.5, 0.6) is 0 Å². The fraction of sp³-hybridized carbons (Fsp3) is 0.222. The fourth-order valence-electron chi connectivity index (χ4n) is 2.91. The van der Waals surface area contributed by atoms with E-state index in [-0.39, 0.29) is 42.5 Å². The van der Waals surface area contributed by atoms with Crippen molar-refractivity contribution in [1.82, 2.24) is 9.29 Å². The van der Waals surface area contributed by atoms with E-state index >= 15 is 0 Å². The molecule has 1 N–H and O–H groups in total. The van der Waals surface area contributed by atoms with Gasteiger partial charge in [0.25, 0.3) is 5.91 Å². The number of nitrogens with zero attached hydrogens (tertiary/aromatic N) is 2. The van der Waals surface area contributed by atoms with Gasteiger partial charge in [0.15, 0.2) is 16.8 Å². The third kappa shape index (κ3) is 3.90. The largest absolute Gasteiger partial charge is 0.379 e. The number of hydrogen-bond acceptors (Lipinski definition) is 6. The van der Waals surface area contributed by atoms with Crippen molar-refractivity contribution in [3.05, 3.63) is 53.3 Å². The maximum atomic E-state index is 14.3. The van der Waals surface area contributed by atoms with Crippen molar-refractivity contribution in [2.45, 2.75) is 4.90 Å². The van der Waals surface area contributed by atoms with Crippen LogP contribution in [0.3, 0.4) is 0 Å². The summed E-state index contributed by atoms with van der Waals surface area (Å²) in [6, 6.07) is 4.84. The van der Waals surface area contributed by atoms with Crippen LogP contribution in [0.25, 0.3) is 10.2 Å². The lowest BCUT2D eigenvalue weighted by Crippen LogP contribution is -2.41. The van der Waals surface area contributed by atoms with Crippen LogP contribution < -0.4 is 5.32 Å². The SMILES string of the molecule is O=C(Nc1nc2cc(F)c(F)cc2s1)c1ccc(F)c(S(=O)(=O)N2CCOCC2)c1. The number of hydrogen-bond donors (Lipinski definition) is 1. The van der Waals surface area contributed by atoms with Crippen LogP contribution in [0.4, 0.5) is 18.3 Å². The zero-order valence-electron chi connectivity index (χ0n) is 15.2. The van der Waals surface area contributed by atoms with Gasteiger partial charge in [0.05, 0.1) is 23.4 Å². The summed E-state index contributed by atoms with van der Waals surface area (Å²) < 4.78 is 73.0. The van der Waals surface area contributed by atoms with Crippen molar-refractivity contribution in [3.8, 4) is 0 Å². The molecule has 0 atom stereocenters. The van der Waals surface area contributed by atoms with E-state index in [1.54, 1.807) is 0 Å². The number of rotatable bonds is 4. The highest BCUT2D eigenvalue weighted by molar-refractivity contribution is 7.89. The molecule has 2 aromatic carbocycles. The minimum absolute atomic E-state index is 0.0573. The molecule has 0 bridgehead atoms. The van der Waals surface area contributed by atoms with E-state index in [1.807, 2.05) is 0 Å². The lowest BCUT2D eigenvalue weighted by Gasteiger charge is -2.26. The van der Waals surface area contributed by atoms with Gasteiger partial charge in [-0.1, -0.05) is 11.3 Å². The van der Waals surface area contributed by atoms with E-state index in [1.165, 1.54) is 0 Å². The van der Waals surface area contributed by atoms with Crippen molar-refractivity contribution in [3.63, 3.8) is 0 Å². The van der Waals surface area contributed by atoms with Crippen molar-refractivity contribution in [2.75, 3.05) is 31.6 Å². The highest BCUT2D eigenvalue weighted by Gasteiger charge is 2.30. The highest BCUT2D eigenvalue weighted by Crippen LogP contribution is 2.28. The highest BCUT2D eigenvalue weighted by atomic mass is 32.2. The second-order valence-corrected chi connectivity index (χ2v) is 9.31. The standard InChI is InChI=1S/C18H14F3N3O4S2/c19-11-2-1-10(7-16(11)30(26,27)24-3-5-28-6-4-24)17(25)23-18-22-14-8-12(20)13(21)9-15(14)29-18/h1-2,7-9H,3-6H2,(H,22,23,25). The Morgan fingerprint density at radius 1 is 1.07 bits per heavy atom. The topological polar surface area (TPSA) is 88.6 Å². The molecule has 1 aliphatic heterocycles. The van der Waals surface area contributed by atoms with Gasteiger partial charge in [-0.05, 0) is 24.3 Å². The molecule has 4 rings (SSSR count). The van der Waals surface area contributed by atoms with Gasteiger partial charge in [-0.3, -0.25) is 10.1 Å². The van der Waals surface area contributed by atoms with Crippen LogP contribution in [-0.2, 0) is 14.8 Å². The van der Waals surface area contributed by atoms with Crippen LogP contribution in [0.1, 0.15) is 10.4 Å². The molecule has 3 aromatic rings. The van der Waals surface area contributed by atoms with Gasteiger partial charge in [0.2, 0.25) is 10.0 Å². The molecule has 0 unspecified atom stereocenters. The number of anilines is 1. The molecule has 30 heavy (non-hydrogen) atoms. The van der Waals surface area contributed by atoms with Crippen molar-refractivity contribution in [2.24, 2.45) is 0 Å². The quantitative estimate of drug-likeness (QED) is 0.651. The predicted octanol–water partition coefficient (Wildman–Crippen LogP) is 2.99. The summed E-state index contributed by atoms with van der Waals surface area (Å²) in [4.78, 5) is 15.9. The van der Waals surface area contributed by atoms with Gasteiger partial charge in [-0.25, -0.2) is 26.6 Å². The first-order chi connectivity index (χ1) is 14.3. The Bertz CT molecular complexity index is 1200. The molecule has 0 aliphatic carbocycles. The minimum atomic E-state index is -4.15. The molecule has 7 nitrogen and oxygen atoms in total. The first kappa shape index (κ1) is 20.7. The zero-order chi connectivity index (χ0) is 21.5. The van der Waals surface area contributed by atoms with Gasteiger partial charge in [0, 0.05) is 24.7 Å². The van der Waals surface area contributed by atoms with Crippen molar-refractivity contribution < 1.29 is 31.1 Å². The van der Waals surface area contributed by atoms with E-state index in [0.29, 0.717) is 4.70 Å². The Morgan fingerprint density at radius 3 is 2.50 bits per heavy atom. The molecule has 1 saturated heterocycles. The average molecular weight is 457 g/mol. The predicted molar refractivity (Wildman–Crippen MR) is 103 cm³/mol. The maximum absolute atomic E-state index is 14.3. The first-order valence-electron chi connectivity index (χ1n) is 8.70. The van der Waals surface area contributed by atoms with Gasteiger partial charge in [-0.15, -0.1) is 0 Å².